The van der Waals surface area contributed by atoms with Gasteiger partial charge in [0.25, 0.3) is 0 Å². The molecule has 0 aromatic heterocycles. The summed E-state index contributed by atoms with van der Waals surface area (Å²) >= 11 is 0. The molecule has 0 aromatic rings. The molecule has 4 rings (SSSR count). The van der Waals surface area contributed by atoms with Crippen molar-refractivity contribution in [1.82, 2.24) is 5.32 Å². The van der Waals surface area contributed by atoms with Gasteiger partial charge < -0.3 is 10.4 Å². The maximum absolute atomic E-state index is 10.9. The van der Waals surface area contributed by atoms with Gasteiger partial charge in [-0.25, -0.2) is 0 Å². The van der Waals surface area contributed by atoms with Gasteiger partial charge in [-0.05, 0) is 96.3 Å². The summed E-state index contributed by atoms with van der Waals surface area (Å²) in [6, 6.07) is 1.10. The van der Waals surface area contributed by atoms with Crippen LogP contribution in [-0.2, 0) is 0 Å². The molecule has 0 heterocycles. The molecule has 4 fully saturated rings. The Morgan fingerprint density at radius 2 is 1.82 bits per heavy atom. The van der Waals surface area contributed by atoms with Crippen LogP contribution in [0.2, 0.25) is 0 Å². The van der Waals surface area contributed by atoms with E-state index >= 15 is 0 Å². The van der Waals surface area contributed by atoms with Crippen molar-refractivity contribution in [2.24, 2.45) is 17.3 Å². The van der Waals surface area contributed by atoms with Crippen LogP contribution in [0.3, 0.4) is 0 Å². The molecule has 0 aliphatic heterocycles. The van der Waals surface area contributed by atoms with Gasteiger partial charge in [0.05, 0.1) is 5.60 Å². The lowest BCUT2D eigenvalue weighted by atomic mass is 9.46. The van der Waals surface area contributed by atoms with Gasteiger partial charge in [-0.1, -0.05) is 11.6 Å². The van der Waals surface area contributed by atoms with E-state index in [0.29, 0.717) is 17.5 Å². The molecule has 2 N–H and O–H groups in total. The quantitative estimate of drug-likeness (QED) is 0.711. The molecule has 0 aromatic carbocycles. The number of hydrogen-bond donors (Lipinski definition) is 2. The van der Waals surface area contributed by atoms with Crippen molar-refractivity contribution in [2.45, 2.75) is 96.7 Å². The van der Waals surface area contributed by atoms with Crippen molar-refractivity contribution >= 4 is 0 Å². The Hall–Kier alpha value is -0.340. The SMILES string of the molecule is CC(C)=CCC[C@@H](C)N[C@H](C)C12C[C@@H]3C[C@H](CC(O)(C3)C1)C2. The average Bonchev–Trinajstić information content (AvgIpc) is 2.34. The Morgan fingerprint density at radius 3 is 2.36 bits per heavy atom. The van der Waals surface area contributed by atoms with E-state index in [2.05, 4.69) is 39.1 Å². The zero-order valence-electron chi connectivity index (χ0n) is 15.0. The summed E-state index contributed by atoms with van der Waals surface area (Å²) in [7, 11) is 0. The smallest absolute Gasteiger partial charge is 0.0659 e. The third-order valence-corrected chi connectivity index (χ3v) is 6.68. The maximum Gasteiger partial charge on any atom is 0.0659 e. The Bertz CT molecular complexity index is 423. The Kier molecular flexibility index (Phi) is 4.46. The Morgan fingerprint density at radius 1 is 1.18 bits per heavy atom. The van der Waals surface area contributed by atoms with E-state index in [4.69, 9.17) is 0 Å². The highest BCUT2D eigenvalue weighted by Crippen LogP contribution is 2.62. The summed E-state index contributed by atoms with van der Waals surface area (Å²) in [5.41, 5.74) is 1.46. The van der Waals surface area contributed by atoms with E-state index in [1.807, 2.05) is 0 Å². The van der Waals surface area contributed by atoms with Crippen molar-refractivity contribution in [1.29, 1.82) is 0 Å². The first-order valence-electron chi connectivity index (χ1n) is 9.42. The molecule has 4 saturated carbocycles. The van der Waals surface area contributed by atoms with E-state index in [0.717, 1.165) is 31.1 Å². The van der Waals surface area contributed by atoms with Crippen LogP contribution >= 0.6 is 0 Å². The molecule has 0 saturated heterocycles. The predicted molar refractivity (Wildman–Crippen MR) is 92.8 cm³/mol. The minimum Gasteiger partial charge on any atom is -0.390 e. The number of hydrogen-bond acceptors (Lipinski definition) is 2. The molecule has 126 valence electrons. The van der Waals surface area contributed by atoms with Crippen molar-refractivity contribution in [3.63, 3.8) is 0 Å². The van der Waals surface area contributed by atoms with Crippen molar-refractivity contribution in [2.75, 3.05) is 0 Å². The fourth-order valence-electron chi connectivity index (χ4n) is 6.10. The monoisotopic (exact) mass is 305 g/mol. The molecule has 0 unspecified atom stereocenters. The van der Waals surface area contributed by atoms with Crippen LogP contribution in [0.1, 0.15) is 79.1 Å². The van der Waals surface area contributed by atoms with E-state index in [1.54, 1.807) is 0 Å². The Labute approximate surface area is 136 Å². The predicted octanol–water partition coefficient (Wildman–Crippen LogP) is 4.43. The van der Waals surface area contributed by atoms with Crippen molar-refractivity contribution in [3.8, 4) is 0 Å². The fourth-order valence-corrected chi connectivity index (χ4v) is 6.10. The topological polar surface area (TPSA) is 32.3 Å². The largest absolute Gasteiger partial charge is 0.390 e. The molecule has 2 nitrogen and oxygen atoms in total. The third-order valence-electron chi connectivity index (χ3n) is 6.68. The molecule has 0 radical (unpaired) electrons. The second kappa shape index (κ2) is 5.94. The summed E-state index contributed by atoms with van der Waals surface area (Å²) in [5, 5.41) is 14.8. The van der Waals surface area contributed by atoms with E-state index < -0.39 is 0 Å². The number of allylic oxidation sites excluding steroid dienone is 2. The molecule has 4 bridgehead atoms. The first-order valence-corrected chi connectivity index (χ1v) is 9.42. The van der Waals surface area contributed by atoms with Gasteiger partial charge in [-0.3, -0.25) is 0 Å². The Balaban J connectivity index is 1.60. The zero-order chi connectivity index (χ0) is 16.0. The molecule has 2 heteroatoms. The van der Waals surface area contributed by atoms with Gasteiger partial charge in [0.2, 0.25) is 0 Å². The first-order chi connectivity index (χ1) is 10.3. The number of nitrogens with one attached hydrogen (secondary N) is 1. The lowest BCUT2D eigenvalue weighted by Crippen LogP contribution is -2.61. The summed E-state index contributed by atoms with van der Waals surface area (Å²) in [6.45, 7) is 9.06. The molecule has 4 atom stereocenters. The maximum atomic E-state index is 10.9. The molecule has 0 amide bonds. The van der Waals surface area contributed by atoms with Gasteiger partial charge in [0.1, 0.15) is 0 Å². The van der Waals surface area contributed by atoms with E-state index in [-0.39, 0.29) is 5.60 Å². The molecule has 4 aliphatic rings. The molecule has 0 spiro atoms. The van der Waals surface area contributed by atoms with Gasteiger partial charge in [-0.2, -0.15) is 0 Å². The summed E-state index contributed by atoms with van der Waals surface area (Å²) < 4.78 is 0. The average molecular weight is 306 g/mol. The van der Waals surface area contributed by atoms with Crippen molar-refractivity contribution < 1.29 is 5.11 Å². The second-order valence-corrected chi connectivity index (χ2v) is 9.20. The van der Waals surface area contributed by atoms with Crippen LogP contribution in [0, 0.1) is 17.3 Å². The third kappa shape index (κ3) is 3.28. The molecule has 22 heavy (non-hydrogen) atoms. The van der Waals surface area contributed by atoms with Gasteiger partial charge in [0.15, 0.2) is 0 Å². The van der Waals surface area contributed by atoms with E-state index in [1.165, 1.54) is 37.7 Å². The highest BCUT2D eigenvalue weighted by atomic mass is 16.3. The highest BCUT2D eigenvalue weighted by molar-refractivity contribution is 5.11. The van der Waals surface area contributed by atoms with Gasteiger partial charge >= 0.3 is 0 Å². The summed E-state index contributed by atoms with van der Waals surface area (Å²) in [5.74, 6) is 1.58. The van der Waals surface area contributed by atoms with E-state index in [9.17, 15) is 5.11 Å². The van der Waals surface area contributed by atoms with Crippen LogP contribution < -0.4 is 5.32 Å². The van der Waals surface area contributed by atoms with Crippen LogP contribution in [0.15, 0.2) is 11.6 Å². The fraction of sp³-hybridized carbons (Fsp3) is 0.900. The van der Waals surface area contributed by atoms with Crippen LogP contribution in [0.5, 0.6) is 0 Å². The van der Waals surface area contributed by atoms with Gasteiger partial charge in [0, 0.05) is 12.1 Å². The minimum atomic E-state index is -0.328. The summed E-state index contributed by atoms with van der Waals surface area (Å²) in [4.78, 5) is 0. The lowest BCUT2D eigenvalue weighted by Gasteiger charge is -2.62. The van der Waals surface area contributed by atoms with Crippen LogP contribution in [0.25, 0.3) is 0 Å². The van der Waals surface area contributed by atoms with Crippen LogP contribution in [0.4, 0.5) is 0 Å². The molecular weight excluding hydrogens is 270 g/mol. The van der Waals surface area contributed by atoms with Crippen molar-refractivity contribution in [3.05, 3.63) is 11.6 Å². The minimum absolute atomic E-state index is 0.328. The first kappa shape index (κ1) is 16.5. The number of rotatable bonds is 6. The number of aliphatic hydroxyl groups is 1. The molecular formula is C20H35NO. The molecule has 4 aliphatic carbocycles. The zero-order valence-corrected chi connectivity index (χ0v) is 15.0. The summed E-state index contributed by atoms with van der Waals surface area (Å²) in [6.07, 6.45) is 12.0. The van der Waals surface area contributed by atoms with Crippen LogP contribution in [-0.4, -0.2) is 22.8 Å². The second-order valence-electron chi connectivity index (χ2n) is 9.20. The lowest BCUT2D eigenvalue weighted by molar-refractivity contribution is -0.172. The van der Waals surface area contributed by atoms with Gasteiger partial charge in [-0.15, -0.1) is 0 Å². The standard InChI is InChI=1S/C20H35NO/c1-14(2)6-5-7-15(3)21-16(4)19-9-17-8-18(10-19)12-20(22,11-17)13-19/h6,15-18,21-22H,5,7-13H2,1-4H3/t15-,16-,17+,18+,19?,20?/m1/s1. The highest BCUT2D eigenvalue weighted by Gasteiger charge is 2.58. The normalized spacial score (nSPS) is 42.2.